The zero-order valence-electron chi connectivity index (χ0n) is 10.4. The van der Waals surface area contributed by atoms with Crippen molar-refractivity contribution in [1.29, 1.82) is 0 Å². The van der Waals surface area contributed by atoms with E-state index in [1.807, 2.05) is 25.8 Å². The first-order chi connectivity index (χ1) is 6.36. The average molecular weight is 200 g/mol. The predicted molar refractivity (Wildman–Crippen MR) is 60.2 cm³/mol. The quantitative estimate of drug-likeness (QED) is 0.670. The maximum atomic E-state index is 11.5. The second-order valence-corrected chi connectivity index (χ2v) is 4.49. The van der Waals surface area contributed by atoms with Crippen molar-refractivity contribution in [3.8, 4) is 0 Å². The molecular formula is C11H24N2O. The molecule has 0 aliphatic carbocycles. The molecule has 3 heteroatoms. The highest BCUT2D eigenvalue weighted by atomic mass is 16.2. The van der Waals surface area contributed by atoms with Gasteiger partial charge in [-0.15, -0.1) is 0 Å². The first-order valence-electron chi connectivity index (χ1n) is 5.31. The maximum absolute atomic E-state index is 11.5. The highest BCUT2D eigenvalue weighted by Crippen LogP contribution is 2.00. The van der Waals surface area contributed by atoms with Crippen molar-refractivity contribution in [1.82, 2.24) is 9.80 Å². The van der Waals surface area contributed by atoms with Crippen molar-refractivity contribution < 1.29 is 4.79 Å². The summed E-state index contributed by atoms with van der Waals surface area (Å²) < 4.78 is 0. The largest absolute Gasteiger partial charge is 0.344 e. The fourth-order valence-corrected chi connectivity index (χ4v) is 1.12. The lowest BCUT2D eigenvalue weighted by atomic mass is 10.2. The van der Waals surface area contributed by atoms with E-state index in [1.165, 1.54) is 0 Å². The van der Waals surface area contributed by atoms with Crippen LogP contribution in [0.15, 0.2) is 0 Å². The van der Waals surface area contributed by atoms with Crippen LogP contribution < -0.4 is 0 Å². The first-order valence-corrected chi connectivity index (χ1v) is 5.31. The lowest BCUT2D eigenvalue weighted by Gasteiger charge is -2.25. The first kappa shape index (κ1) is 13.4. The van der Waals surface area contributed by atoms with E-state index in [-0.39, 0.29) is 11.8 Å². The molecule has 0 bridgehead atoms. The summed E-state index contributed by atoms with van der Waals surface area (Å²) in [5, 5.41) is 0. The van der Waals surface area contributed by atoms with Crippen molar-refractivity contribution >= 4 is 5.91 Å². The molecule has 14 heavy (non-hydrogen) atoms. The molecule has 84 valence electrons. The van der Waals surface area contributed by atoms with Gasteiger partial charge in [0.15, 0.2) is 0 Å². The van der Waals surface area contributed by atoms with Crippen molar-refractivity contribution in [2.24, 2.45) is 5.92 Å². The molecular weight excluding hydrogens is 176 g/mol. The molecule has 0 aromatic rings. The van der Waals surface area contributed by atoms with Crippen molar-refractivity contribution in [2.45, 2.75) is 33.7 Å². The summed E-state index contributed by atoms with van der Waals surface area (Å²) in [5.74, 6) is 0.325. The van der Waals surface area contributed by atoms with Gasteiger partial charge in [0.05, 0.1) is 0 Å². The summed E-state index contributed by atoms with van der Waals surface area (Å²) in [7, 11) is 3.95. The number of carbonyl (C=O) groups excluding carboxylic acids is 1. The average Bonchev–Trinajstić information content (AvgIpc) is 2.11. The fourth-order valence-electron chi connectivity index (χ4n) is 1.12. The van der Waals surface area contributed by atoms with Crippen LogP contribution >= 0.6 is 0 Å². The second-order valence-electron chi connectivity index (χ2n) is 4.49. The molecule has 0 atom stereocenters. The minimum atomic E-state index is 0.101. The van der Waals surface area contributed by atoms with Crippen LogP contribution in [0, 0.1) is 5.92 Å². The topological polar surface area (TPSA) is 23.6 Å². The number of carbonyl (C=O) groups is 1. The Morgan fingerprint density at radius 1 is 1.07 bits per heavy atom. The van der Waals surface area contributed by atoms with Gasteiger partial charge in [0.25, 0.3) is 0 Å². The summed E-state index contributed by atoms with van der Waals surface area (Å²) in [6, 6.07) is 0.539. The number of rotatable bonds is 5. The van der Waals surface area contributed by atoms with E-state index in [9.17, 15) is 4.79 Å². The Hall–Kier alpha value is -0.570. The highest BCUT2D eigenvalue weighted by Gasteiger charge is 2.13. The molecule has 0 spiro atoms. The minimum Gasteiger partial charge on any atom is -0.344 e. The Labute approximate surface area is 88.1 Å². The Balaban J connectivity index is 3.85. The SMILES string of the molecule is CC(C)C(=O)N(C)CCN(C)C(C)C. The molecule has 0 aromatic heterocycles. The van der Waals surface area contributed by atoms with Gasteiger partial charge in [0.2, 0.25) is 5.91 Å². The van der Waals surface area contributed by atoms with E-state index in [2.05, 4.69) is 25.8 Å². The monoisotopic (exact) mass is 200 g/mol. The molecule has 0 aliphatic heterocycles. The highest BCUT2D eigenvalue weighted by molar-refractivity contribution is 5.77. The van der Waals surface area contributed by atoms with Crippen LogP contribution in [0.3, 0.4) is 0 Å². The lowest BCUT2D eigenvalue weighted by Crippen LogP contribution is -2.38. The smallest absolute Gasteiger partial charge is 0.224 e. The standard InChI is InChI=1S/C11H24N2O/c1-9(2)11(14)13(6)8-7-12(5)10(3)4/h9-10H,7-8H2,1-6H3. The Bertz CT molecular complexity index is 178. The van der Waals surface area contributed by atoms with Gasteiger partial charge in [-0.25, -0.2) is 0 Å². The second kappa shape index (κ2) is 6.02. The van der Waals surface area contributed by atoms with E-state index in [1.54, 1.807) is 0 Å². The molecule has 0 radical (unpaired) electrons. The molecule has 3 nitrogen and oxygen atoms in total. The van der Waals surface area contributed by atoms with Gasteiger partial charge in [-0.2, -0.15) is 0 Å². The molecule has 0 heterocycles. The Morgan fingerprint density at radius 3 is 1.93 bits per heavy atom. The van der Waals surface area contributed by atoms with Gasteiger partial charge in [-0.05, 0) is 20.9 Å². The van der Waals surface area contributed by atoms with Crippen molar-refractivity contribution in [2.75, 3.05) is 27.2 Å². The summed E-state index contributed by atoms with van der Waals surface area (Å²) in [4.78, 5) is 15.6. The Kier molecular flexibility index (Phi) is 5.77. The molecule has 0 aliphatic rings. The Morgan fingerprint density at radius 2 is 1.57 bits per heavy atom. The predicted octanol–water partition coefficient (Wildman–Crippen LogP) is 1.44. The normalized spacial score (nSPS) is 11.5. The van der Waals surface area contributed by atoms with Crippen molar-refractivity contribution in [3.05, 3.63) is 0 Å². The molecule has 0 N–H and O–H groups in total. The summed E-state index contributed by atoms with van der Waals surface area (Å²) in [5.41, 5.74) is 0. The molecule has 1 amide bonds. The van der Waals surface area contributed by atoms with Gasteiger partial charge in [-0.3, -0.25) is 4.79 Å². The molecule has 0 fully saturated rings. The number of nitrogens with zero attached hydrogens (tertiary/aromatic N) is 2. The van der Waals surface area contributed by atoms with Crippen LogP contribution in [0.25, 0.3) is 0 Å². The van der Waals surface area contributed by atoms with Crippen LogP contribution in [0.2, 0.25) is 0 Å². The molecule has 0 rings (SSSR count). The zero-order chi connectivity index (χ0) is 11.3. The maximum Gasteiger partial charge on any atom is 0.224 e. The third-order valence-corrected chi connectivity index (χ3v) is 2.54. The van der Waals surface area contributed by atoms with E-state index < -0.39 is 0 Å². The van der Waals surface area contributed by atoms with Gasteiger partial charge in [-0.1, -0.05) is 13.8 Å². The van der Waals surface area contributed by atoms with Crippen LogP contribution in [-0.4, -0.2) is 48.9 Å². The minimum absolute atomic E-state index is 0.101. The molecule has 0 aromatic carbocycles. The van der Waals surface area contributed by atoms with Gasteiger partial charge < -0.3 is 9.80 Å². The van der Waals surface area contributed by atoms with E-state index in [4.69, 9.17) is 0 Å². The summed E-state index contributed by atoms with van der Waals surface area (Å²) in [6.07, 6.45) is 0. The van der Waals surface area contributed by atoms with Gasteiger partial charge in [0.1, 0.15) is 0 Å². The van der Waals surface area contributed by atoms with Crippen LogP contribution in [-0.2, 0) is 4.79 Å². The fraction of sp³-hybridized carbons (Fsp3) is 0.909. The third-order valence-electron chi connectivity index (χ3n) is 2.54. The third kappa shape index (κ3) is 4.61. The van der Waals surface area contributed by atoms with Gasteiger partial charge in [0, 0.05) is 32.1 Å². The van der Waals surface area contributed by atoms with Crippen LogP contribution in [0.5, 0.6) is 0 Å². The zero-order valence-corrected chi connectivity index (χ0v) is 10.4. The van der Waals surface area contributed by atoms with E-state index in [0.29, 0.717) is 6.04 Å². The van der Waals surface area contributed by atoms with E-state index in [0.717, 1.165) is 13.1 Å². The lowest BCUT2D eigenvalue weighted by molar-refractivity contribution is -0.133. The van der Waals surface area contributed by atoms with Crippen LogP contribution in [0.4, 0.5) is 0 Å². The number of hydrogen-bond donors (Lipinski definition) is 0. The molecule has 0 saturated heterocycles. The van der Waals surface area contributed by atoms with E-state index >= 15 is 0 Å². The summed E-state index contributed by atoms with van der Waals surface area (Å²) >= 11 is 0. The van der Waals surface area contributed by atoms with Crippen LogP contribution in [0.1, 0.15) is 27.7 Å². The molecule has 0 unspecified atom stereocenters. The number of likely N-dealkylation sites (N-methyl/N-ethyl adjacent to an activating group) is 2. The van der Waals surface area contributed by atoms with Crippen molar-refractivity contribution in [3.63, 3.8) is 0 Å². The van der Waals surface area contributed by atoms with Gasteiger partial charge >= 0.3 is 0 Å². The number of hydrogen-bond acceptors (Lipinski definition) is 2. The number of amides is 1. The molecule has 0 saturated carbocycles. The summed E-state index contributed by atoms with van der Waals surface area (Å²) in [6.45, 7) is 9.93.